The summed E-state index contributed by atoms with van der Waals surface area (Å²) in [5, 5.41) is 0. The van der Waals surface area contributed by atoms with Crippen LogP contribution in [0.15, 0.2) is 29.2 Å². The van der Waals surface area contributed by atoms with E-state index in [0.717, 1.165) is 30.6 Å². The molecule has 4 aliphatic carbocycles. The molecular weight excluding hydrogens is 1030 g/mol. The Labute approximate surface area is 274 Å². The maximum atomic E-state index is 11.7. The fourth-order valence-electron chi connectivity index (χ4n) is 6.98. The Morgan fingerprint density at radius 2 is 1.29 bits per heavy atom. The lowest BCUT2D eigenvalue weighted by molar-refractivity contribution is -0.138. The van der Waals surface area contributed by atoms with Gasteiger partial charge in [0.05, 0.1) is 20.4 Å². The Kier molecular flexibility index (Phi) is 8.47. The molecule has 4 bridgehead atoms. The van der Waals surface area contributed by atoms with Gasteiger partial charge in [-0.25, -0.2) is 0 Å². The summed E-state index contributed by atoms with van der Waals surface area (Å²) in [5.41, 5.74) is 0.332. The van der Waals surface area contributed by atoms with Crippen LogP contribution in [0.4, 0.5) is 0 Å². The highest BCUT2D eigenvalue weighted by Crippen LogP contribution is 2.65. The van der Waals surface area contributed by atoms with Crippen LogP contribution < -0.4 is 9.47 Å². The smallest absolute Gasteiger partial charge is 0.296 e. The van der Waals surface area contributed by atoms with Gasteiger partial charge in [-0.05, 0) is 188 Å². The average molecular weight is 1060 g/mol. The summed E-state index contributed by atoms with van der Waals surface area (Å²) in [6, 6.07) is 7.77. The highest BCUT2D eigenvalue weighted by atomic mass is 127. The SMILES string of the molecule is O=S(=O)(O)c1c(I)cc(OCC23CC4CC(C2)CC(COc2c(I)cc(I)cc2I)(C4)C3)cc1I. The maximum absolute atomic E-state index is 11.7. The van der Waals surface area contributed by atoms with Gasteiger partial charge in [-0.3, -0.25) is 4.55 Å². The molecule has 2 atom stereocenters. The van der Waals surface area contributed by atoms with Gasteiger partial charge in [0.25, 0.3) is 10.1 Å². The van der Waals surface area contributed by atoms with Crippen molar-refractivity contribution in [2.24, 2.45) is 22.7 Å². The quantitative estimate of drug-likeness (QED) is 0.225. The molecule has 0 aromatic heterocycles. The van der Waals surface area contributed by atoms with Crippen LogP contribution in [0.1, 0.15) is 38.5 Å². The fourth-order valence-corrected chi connectivity index (χ4v) is 14.9. The first-order valence-electron chi connectivity index (χ1n) is 11.2. The molecule has 0 amide bonds. The van der Waals surface area contributed by atoms with Crippen molar-refractivity contribution in [3.05, 3.63) is 42.1 Å². The number of ether oxygens (including phenoxy) is 2. The second-order valence-corrected chi connectivity index (χ2v) is 17.7. The van der Waals surface area contributed by atoms with Crippen LogP contribution in [-0.2, 0) is 10.1 Å². The number of benzene rings is 2. The molecule has 4 fully saturated rings. The van der Waals surface area contributed by atoms with Gasteiger partial charge in [-0.15, -0.1) is 0 Å². The summed E-state index contributed by atoms with van der Waals surface area (Å²) in [5.74, 6) is 3.12. The first-order valence-corrected chi connectivity index (χ1v) is 18.1. The number of halogens is 5. The van der Waals surface area contributed by atoms with Crippen LogP contribution in [-0.4, -0.2) is 26.2 Å². The lowest BCUT2D eigenvalue weighted by Crippen LogP contribution is -2.55. The van der Waals surface area contributed by atoms with Crippen LogP contribution in [0.3, 0.4) is 0 Å². The summed E-state index contributed by atoms with van der Waals surface area (Å²) >= 11 is 11.0. The molecular formula is C24H23I5O5S. The van der Waals surface area contributed by atoms with Crippen molar-refractivity contribution in [3.63, 3.8) is 0 Å². The van der Waals surface area contributed by atoms with E-state index in [1.165, 1.54) is 42.8 Å². The fraction of sp³-hybridized carbons (Fsp3) is 0.500. The predicted octanol–water partition coefficient (Wildman–Crippen LogP) is 8.00. The molecule has 2 unspecified atom stereocenters. The second-order valence-electron chi connectivity index (χ2n) is 10.4. The van der Waals surface area contributed by atoms with Gasteiger partial charge in [0.2, 0.25) is 0 Å². The molecule has 11 heteroatoms. The van der Waals surface area contributed by atoms with E-state index in [0.29, 0.717) is 19.5 Å². The summed E-state index contributed by atoms with van der Waals surface area (Å²) in [6.45, 7) is 1.39. The van der Waals surface area contributed by atoms with Gasteiger partial charge in [0, 0.05) is 21.5 Å². The predicted molar refractivity (Wildman–Crippen MR) is 177 cm³/mol. The Hall–Kier alpha value is 1.60. The summed E-state index contributed by atoms with van der Waals surface area (Å²) in [6.07, 6.45) is 7.30. The van der Waals surface area contributed by atoms with E-state index >= 15 is 0 Å². The number of hydrogen-bond acceptors (Lipinski definition) is 4. The minimum absolute atomic E-state index is 0.0446. The normalized spacial score (nSPS) is 29.4. The molecule has 35 heavy (non-hydrogen) atoms. The average Bonchev–Trinajstić information content (AvgIpc) is 2.69. The molecule has 0 heterocycles. The molecule has 0 aliphatic heterocycles. The van der Waals surface area contributed by atoms with Crippen molar-refractivity contribution in [1.29, 1.82) is 0 Å². The van der Waals surface area contributed by atoms with Gasteiger partial charge in [-0.1, -0.05) is 0 Å². The zero-order valence-corrected chi connectivity index (χ0v) is 30.1. The first-order chi connectivity index (χ1) is 16.4. The molecule has 4 saturated carbocycles. The van der Waals surface area contributed by atoms with Crippen molar-refractivity contribution in [2.75, 3.05) is 13.2 Å². The third-order valence-electron chi connectivity index (χ3n) is 7.56. The molecule has 6 rings (SSSR count). The highest BCUT2D eigenvalue weighted by molar-refractivity contribution is 14.1. The van der Waals surface area contributed by atoms with Gasteiger partial charge in [0.15, 0.2) is 0 Å². The third-order valence-corrected chi connectivity index (χ3v) is 13.2. The minimum atomic E-state index is -4.26. The van der Waals surface area contributed by atoms with Crippen molar-refractivity contribution < 1.29 is 22.4 Å². The van der Waals surface area contributed by atoms with Crippen LogP contribution in [0.5, 0.6) is 11.5 Å². The topological polar surface area (TPSA) is 72.8 Å². The highest BCUT2D eigenvalue weighted by Gasteiger charge is 2.58. The van der Waals surface area contributed by atoms with E-state index in [1.54, 1.807) is 12.1 Å². The van der Waals surface area contributed by atoms with Gasteiger partial charge < -0.3 is 9.47 Å². The van der Waals surface area contributed by atoms with Gasteiger partial charge >= 0.3 is 0 Å². The zero-order valence-electron chi connectivity index (χ0n) is 18.5. The van der Waals surface area contributed by atoms with Crippen LogP contribution in [0.2, 0.25) is 0 Å². The van der Waals surface area contributed by atoms with E-state index < -0.39 is 10.1 Å². The minimum Gasteiger partial charge on any atom is -0.493 e. The van der Waals surface area contributed by atoms with E-state index in [-0.39, 0.29) is 15.7 Å². The Morgan fingerprint density at radius 3 is 1.77 bits per heavy atom. The van der Waals surface area contributed by atoms with Crippen LogP contribution in [0.25, 0.3) is 0 Å². The number of rotatable bonds is 7. The molecule has 0 radical (unpaired) electrons. The first kappa shape index (κ1) is 28.1. The summed E-state index contributed by atoms with van der Waals surface area (Å²) < 4.78 is 50.4. The lowest BCUT2D eigenvalue weighted by Gasteiger charge is -2.61. The second kappa shape index (κ2) is 10.5. The van der Waals surface area contributed by atoms with Crippen LogP contribution in [0, 0.1) is 40.5 Å². The maximum Gasteiger partial charge on any atom is 0.296 e. The van der Waals surface area contributed by atoms with E-state index in [2.05, 4.69) is 79.9 Å². The van der Waals surface area contributed by atoms with Crippen LogP contribution >= 0.6 is 113 Å². The van der Waals surface area contributed by atoms with Gasteiger partial charge in [0.1, 0.15) is 16.4 Å². The molecule has 1 N–H and O–H groups in total. The molecule has 4 aliphatic rings. The van der Waals surface area contributed by atoms with Crippen molar-refractivity contribution in [2.45, 2.75) is 43.4 Å². The molecule has 0 saturated heterocycles. The van der Waals surface area contributed by atoms with Gasteiger partial charge in [-0.2, -0.15) is 8.42 Å². The molecule has 5 nitrogen and oxygen atoms in total. The Bertz CT molecular complexity index is 1220. The lowest BCUT2D eigenvalue weighted by atomic mass is 9.44. The van der Waals surface area contributed by atoms with Crippen molar-refractivity contribution >= 4 is 123 Å². The third kappa shape index (κ3) is 6.04. The van der Waals surface area contributed by atoms with Crippen molar-refractivity contribution in [3.8, 4) is 11.5 Å². The van der Waals surface area contributed by atoms with E-state index in [1.807, 2.05) is 45.2 Å². The summed E-state index contributed by atoms with van der Waals surface area (Å²) in [7, 11) is -4.26. The molecule has 0 spiro atoms. The van der Waals surface area contributed by atoms with E-state index in [4.69, 9.17) is 9.47 Å². The largest absolute Gasteiger partial charge is 0.493 e. The summed E-state index contributed by atoms with van der Waals surface area (Å²) in [4.78, 5) is -0.0446. The zero-order chi connectivity index (χ0) is 25.2. The monoisotopic (exact) mass is 1060 g/mol. The standard InChI is InChI=1S/C24H23I5O5S/c25-15-2-17(26)21(18(27)3-15)34-12-24-8-13-1-14(9-24)7-23(6-13,10-24)11-33-16-4-19(28)22(20(29)5-16)35(30,31)32/h2-5,13-14H,1,6-12H2,(H,30,31,32). The Balaban J connectivity index is 1.33. The number of hydrogen-bond donors (Lipinski definition) is 1. The van der Waals surface area contributed by atoms with E-state index in [9.17, 15) is 13.0 Å². The molecule has 2 aromatic carbocycles. The molecule has 2 aromatic rings. The molecule has 190 valence electrons. The Morgan fingerprint density at radius 1 is 0.800 bits per heavy atom. The van der Waals surface area contributed by atoms with Crippen molar-refractivity contribution in [1.82, 2.24) is 0 Å².